The van der Waals surface area contributed by atoms with Gasteiger partial charge in [-0.2, -0.15) is 0 Å². The second-order valence-electron chi connectivity index (χ2n) is 4.50. The van der Waals surface area contributed by atoms with Crippen molar-refractivity contribution in [1.82, 2.24) is 4.90 Å². The number of halogens is 1. The Hall–Kier alpha value is -0.580. The van der Waals surface area contributed by atoms with Crippen LogP contribution in [0.1, 0.15) is 25.1 Å². The molecule has 104 valence electrons. The first kappa shape index (κ1) is 17.4. The first-order chi connectivity index (χ1) is 8.06. The molecule has 0 aliphatic heterocycles. The number of nitrogens with zero attached hydrogens (tertiary/aromatic N) is 1. The van der Waals surface area contributed by atoms with E-state index in [9.17, 15) is 4.79 Å². The van der Waals surface area contributed by atoms with E-state index in [1.165, 1.54) is 4.88 Å². The van der Waals surface area contributed by atoms with E-state index < -0.39 is 0 Å². The fourth-order valence-corrected chi connectivity index (χ4v) is 2.29. The molecule has 1 rings (SSSR count). The van der Waals surface area contributed by atoms with Gasteiger partial charge in [0.2, 0.25) is 5.91 Å². The molecule has 0 spiro atoms. The van der Waals surface area contributed by atoms with Crippen LogP contribution in [0.2, 0.25) is 0 Å². The number of amides is 1. The first-order valence-corrected chi connectivity index (χ1v) is 6.97. The van der Waals surface area contributed by atoms with Crippen LogP contribution in [0.15, 0.2) is 17.5 Å². The van der Waals surface area contributed by atoms with Gasteiger partial charge in [0.15, 0.2) is 0 Å². The fraction of sp³-hybridized carbons (Fsp3) is 0.615. The largest absolute Gasteiger partial charge is 0.344 e. The van der Waals surface area contributed by atoms with Crippen molar-refractivity contribution in [3.8, 4) is 0 Å². The summed E-state index contributed by atoms with van der Waals surface area (Å²) in [6.07, 6.45) is 1.85. The van der Waals surface area contributed by atoms with Gasteiger partial charge in [0, 0.05) is 18.5 Å². The number of hydrogen-bond donors (Lipinski definition) is 1. The third-order valence-corrected chi connectivity index (χ3v) is 4.13. The van der Waals surface area contributed by atoms with Crippen LogP contribution in [0.5, 0.6) is 0 Å². The van der Waals surface area contributed by atoms with Crippen molar-refractivity contribution in [2.75, 3.05) is 13.6 Å². The summed E-state index contributed by atoms with van der Waals surface area (Å²) in [5.74, 6) is 0.294. The van der Waals surface area contributed by atoms with Crippen molar-refractivity contribution in [2.24, 2.45) is 11.7 Å². The summed E-state index contributed by atoms with van der Waals surface area (Å²) < 4.78 is 0. The summed E-state index contributed by atoms with van der Waals surface area (Å²) in [6, 6.07) is 3.76. The summed E-state index contributed by atoms with van der Waals surface area (Å²) in [7, 11) is 1.83. The van der Waals surface area contributed by atoms with Gasteiger partial charge in [0.05, 0.1) is 6.04 Å². The lowest BCUT2D eigenvalue weighted by atomic mass is 9.99. The van der Waals surface area contributed by atoms with Gasteiger partial charge in [0.1, 0.15) is 0 Å². The van der Waals surface area contributed by atoms with E-state index in [2.05, 4.69) is 18.4 Å². The van der Waals surface area contributed by atoms with Crippen molar-refractivity contribution in [3.05, 3.63) is 22.4 Å². The monoisotopic (exact) mass is 290 g/mol. The third kappa shape index (κ3) is 4.96. The van der Waals surface area contributed by atoms with Crippen LogP contribution in [-0.2, 0) is 11.2 Å². The number of rotatable bonds is 6. The summed E-state index contributed by atoms with van der Waals surface area (Å²) >= 11 is 1.73. The average molecular weight is 291 g/mol. The molecule has 0 fully saturated rings. The fourth-order valence-electron chi connectivity index (χ4n) is 1.59. The van der Waals surface area contributed by atoms with Gasteiger partial charge in [-0.1, -0.05) is 26.3 Å². The van der Waals surface area contributed by atoms with E-state index in [0.29, 0.717) is 0 Å². The number of nitrogens with two attached hydrogens (primary N) is 1. The Morgan fingerprint density at radius 1 is 1.56 bits per heavy atom. The summed E-state index contributed by atoms with van der Waals surface area (Å²) in [6.45, 7) is 4.82. The standard InChI is InChI=1S/C13H22N2OS.ClH/c1-4-10(2)12(14)13(16)15(3)8-7-11-6-5-9-17-11;/h5-6,9-10,12H,4,7-8,14H2,1-3H3;1H. The molecule has 0 bridgehead atoms. The first-order valence-electron chi connectivity index (χ1n) is 6.09. The maximum atomic E-state index is 12.0. The van der Waals surface area contributed by atoms with Gasteiger partial charge in [-0.05, 0) is 23.8 Å². The van der Waals surface area contributed by atoms with Crippen molar-refractivity contribution in [2.45, 2.75) is 32.7 Å². The number of likely N-dealkylation sites (N-methyl/N-ethyl adjacent to an activating group) is 1. The van der Waals surface area contributed by atoms with Crippen LogP contribution in [0, 0.1) is 5.92 Å². The second kappa shape index (κ2) is 8.51. The van der Waals surface area contributed by atoms with Crippen molar-refractivity contribution in [1.29, 1.82) is 0 Å². The van der Waals surface area contributed by atoms with E-state index in [0.717, 1.165) is 19.4 Å². The molecular formula is C13H23ClN2OS. The molecule has 1 aromatic heterocycles. The topological polar surface area (TPSA) is 46.3 Å². The van der Waals surface area contributed by atoms with Gasteiger partial charge in [-0.3, -0.25) is 4.79 Å². The van der Waals surface area contributed by atoms with Crippen molar-refractivity contribution < 1.29 is 4.79 Å². The van der Waals surface area contributed by atoms with E-state index in [1.807, 2.05) is 20.0 Å². The zero-order valence-corrected chi connectivity index (χ0v) is 12.9. The van der Waals surface area contributed by atoms with E-state index >= 15 is 0 Å². The minimum atomic E-state index is -0.367. The van der Waals surface area contributed by atoms with E-state index in [-0.39, 0.29) is 30.3 Å². The van der Waals surface area contributed by atoms with Crippen LogP contribution < -0.4 is 5.73 Å². The molecule has 1 amide bonds. The highest BCUT2D eigenvalue weighted by Gasteiger charge is 2.22. The van der Waals surface area contributed by atoms with Gasteiger partial charge >= 0.3 is 0 Å². The minimum Gasteiger partial charge on any atom is -0.344 e. The second-order valence-corrected chi connectivity index (χ2v) is 5.53. The maximum absolute atomic E-state index is 12.0. The molecule has 2 unspecified atom stereocenters. The molecule has 2 N–H and O–H groups in total. The zero-order chi connectivity index (χ0) is 12.8. The Morgan fingerprint density at radius 2 is 2.22 bits per heavy atom. The summed E-state index contributed by atoms with van der Waals surface area (Å²) in [5, 5.41) is 2.06. The highest BCUT2D eigenvalue weighted by atomic mass is 35.5. The van der Waals surface area contributed by atoms with Crippen LogP contribution >= 0.6 is 23.7 Å². The number of hydrogen-bond acceptors (Lipinski definition) is 3. The minimum absolute atomic E-state index is 0. The molecule has 1 heterocycles. The molecule has 0 aliphatic rings. The lowest BCUT2D eigenvalue weighted by molar-refractivity contribution is -0.132. The Balaban J connectivity index is 0.00000289. The third-order valence-electron chi connectivity index (χ3n) is 3.19. The van der Waals surface area contributed by atoms with Crippen LogP contribution in [0.25, 0.3) is 0 Å². The molecule has 0 saturated carbocycles. The van der Waals surface area contributed by atoms with Crippen molar-refractivity contribution >= 4 is 29.7 Å². The Morgan fingerprint density at radius 3 is 2.72 bits per heavy atom. The summed E-state index contributed by atoms with van der Waals surface area (Å²) in [4.78, 5) is 15.1. The number of carbonyl (C=O) groups is 1. The van der Waals surface area contributed by atoms with Crippen LogP contribution in [0.4, 0.5) is 0 Å². The van der Waals surface area contributed by atoms with Crippen LogP contribution in [-0.4, -0.2) is 30.4 Å². The normalized spacial score (nSPS) is 13.6. The zero-order valence-electron chi connectivity index (χ0n) is 11.3. The molecule has 0 aromatic carbocycles. The highest BCUT2D eigenvalue weighted by molar-refractivity contribution is 7.09. The van der Waals surface area contributed by atoms with E-state index in [1.54, 1.807) is 16.2 Å². The van der Waals surface area contributed by atoms with E-state index in [4.69, 9.17) is 5.73 Å². The van der Waals surface area contributed by atoms with Gasteiger partial charge in [-0.25, -0.2) is 0 Å². The van der Waals surface area contributed by atoms with Gasteiger partial charge in [-0.15, -0.1) is 23.7 Å². The Labute approximate surface area is 120 Å². The molecule has 18 heavy (non-hydrogen) atoms. The molecule has 3 nitrogen and oxygen atoms in total. The van der Waals surface area contributed by atoms with Crippen LogP contribution in [0.3, 0.4) is 0 Å². The predicted molar refractivity (Wildman–Crippen MR) is 80.3 cm³/mol. The molecular weight excluding hydrogens is 268 g/mol. The molecule has 0 aliphatic carbocycles. The number of carbonyl (C=O) groups excluding carboxylic acids is 1. The molecule has 0 radical (unpaired) electrons. The predicted octanol–water partition coefficient (Wildman–Crippen LogP) is 2.54. The Kier molecular flexibility index (Phi) is 8.24. The quantitative estimate of drug-likeness (QED) is 0.875. The molecule has 1 aromatic rings. The van der Waals surface area contributed by atoms with Crippen molar-refractivity contribution in [3.63, 3.8) is 0 Å². The lowest BCUT2D eigenvalue weighted by Gasteiger charge is -2.24. The summed E-state index contributed by atoms with van der Waals surface area (Å²) in [5.41, 5.74) is 5.93. The van der Waals surface area contributed by atoms with Gasteiger partial charge in [0.25, 0.3) is 0 Å². The molecule has 0 saturated heterocycles. The smallest absolute Gasteiger partial charge is 0.239 e. The SMILES string of the molecule is CCC(C)C(N)C(=O)N(C)CCc1cccs1.Cl. The average Bonchev–Trinajstić information content (AvgIpc) is 2.86. The van der Waals surface area contributed by atoms with Gasteiger partial charge < -0.3 is 10.6 Å². The highest BCUT2D eigenvalue weighted by Crippen LogP contribution is 2.11. The lowest BCUT2D eigenvalue weighted by Crippen LogP contribution is -2.46. The molecule has 2 atom stereocenters. The Bertz CT molecular complexity index is 343. The maximum Gasteiger partial charge on any atom is 0.239 e. The number of thiophene rings is 1. The molecule has 5 heteroatoms.